The Morgan fingerprint density at radius 1 is 0.844 bits per heavy atom. The van der Waals surface area contributed by atoms with Gasteiger partial charge >= 0.3 is 18.0 Å². The molecule has 4 N–H and O–H groups in total. The predicted molar refractivity (Wildman–Crippen MR) is 167 cm³/mol. The van der Waals surface area contributed by atoms with Crippen molar-refractivity contribution in [2.24, 2.45) is 52.3 Å². The summed E-state index contributed by atoms with van der Waals surface area (Å²) in [4.78, 5) is 0. The van der Waals surface area contributed by atoms with Gasteiger partial charge in [-0.15, -0.1) is 0 Å². The van der Waals surface area contributed by atoms with Crippen LogP contribution < -0.4 is 11.5 Å². The lowest BCUT2D eigenvalue weighted by Gasteiger charge is -2.61. The number of rotatable bonds is 11. The van der Waals surface area contributed by atoms with Crippen molar-refractivity contribution >= 4 is 11.4 Å². The summed E-state index contributed by atoms with van der Waals surface area (Å²) in [5, 5.41) is 0. The summed E-state index contributed by atoms with van der Waals surface area (Å²) < 4.78 is 91.9. The summed E-state index contributed by atoms with van der Waals surface area (Å²) in [6.45, 7) is 8.32. The molecule has 4 fully saturated rings. The second-order valence-corrected chi connectivity index (χ2v) is 16.0. The lowest BCUT2D eigenvalue weighted by Crippen LogP contribution is -2.54. The SMILES string of the molecule is CC(CCC[C@@H](C)[C@H]1CC[C@H]2[C@@H]3CCC4CCCC[C@]4(C)[C@H]3CC[C@]12C)COC(F)(F)C(F)(F)C(F)(F)c1ccc(N)cc1N. The van der Waals surface area contributed by atoms with Crippen molar-refractivity contribution < 1.29 is 31.1 Å². The van der Waals surface area contributed by atoms with Crippen LogP contribution in [-0.4, -0.2) is 18.6 Å². The zero-order valence-electron chi connectivity index (χ0n) is 27.5. The third kappa shape index (κ3) is 5.99. The molecule has 1 aromatic carbocycles. The first-order valence-electron chi connectivity index (χ1n) is 17.4. The molecule has 9 heteroatoms. The summed E-state index contributed by atoms with van der Waals surface area (Å²) in [5.41, 5.74) is 9.45. The summed E-state index contributed by atoms with van der Waals surface area (Å²) in [7, 11) is 0. The van der Waals surface area contributed by atoms with Crippen LogP contribution in [0.25, 0.3) is 0 Å². The fourth-order valence-corrected chi connectivity index (χ4v) is 10.9. The molecule has 0 aromatic heterocycles. The Morgan fingerprint density at radius 3 is 2.27 bits per heavy atom. The quantitative estimate of drug-likeness (QED) is 0.186. The summed E-state index contributed by atoms with van der Waals surface area (Å²) in [6, 6.07) is 2.29. The topological polar surface area (TPSA) is 61.3 Å². The molecule has 0 heterocycles. The highest BCUT2D eigenvalue weighted by Crippen LogP contribution is 2.68. The number of halogens is 6. The van der Waals surface area contributed by atoms with E-state index in [9.17, 15) is 26.3 Å². The van der Waals surface area contributed by atoms with Crippen LogP contribution in [0, 0.1) is 52.3 Å². The molecule has 45 heavy (non-hydrogen) atoms. The number of benzene rings is 1. The van der Waals surface area contributed by atoms with E-state index in [-0.39, 0.29) is 5.69 Å². The Kier molecular flexibility index (Phi) is 9.58. The van der Waals surface area contributed by atoms with E-state index in [0.717, 1.165) is 48.6 Å². The van der Waals surface area contributed by atoms with E-state index in [1.165, 1.54) is 64.2 Å². The molecule has 5 rings (SSSR count). The molecule has 9 atom stereocenters. The summed E-state index contributed by atoms with van der Waals surface area (Å²) >= 11 is 0. The molecule has 0 radical (unpaired) electrons. The van der Waals surface area contributed by atoms with Gasteiger partial charge in [0.15, 0.2) is 0 Å². The van der Waals surface area contributed by atoms with Crippen LogP contribution in [0.1, 0.15) is 117 Å². The van der Waals surface area contributed by atoms with Crippen molar-refractivity contribution in [2.45, 2.75) is 129 Å². The van der Waals surface area contributed by atoms with Gasteiger partial charge in [0.25, 0.3) is 0 Å². The van der Waals surface area contributed by atoms with Gasteiger partial charge in [-0.25, -0.2) is 0 Å². The lowest BCUT2D eigenvalue weighted by atomic mass is 9.44. The van der Waals surface area contributed by atoms with E-state index in [0.29, 0.717) is 35.2 Å². The zero-order chi connectivity index (χ0) is 33.0. The van der Waals surface area contributed by atoms with Gasteiger partial charge in [0.05, 0.1) is 12.2 Å². The number of nitrogen functional groups attached to an aromatic ring is 2. The van der Waals surface area contributed by atoms with Crippen LogP contribution in [0.3, 0.4) is 0 Å². The van der Waals surface area contributed by atoms with Crippen LogP contribution in [0.4, 0.5) is 37.7 Å². The highest BCUT2D eigenvalue weighted by Gasteiger charge is 2.74. The molecule has 0 bridgehead atoms. The average molecular weight is 645 g/mol. The minimum Gasteiger partial charge on any atom is -0.399 e. The van der Waals surface area contributed by atoms with Crippen molar-refractivity contribution in [3.8, 4) is 0 Å². The zero-order valence-corrected chi connectivity index (χ0v) is 27.5. The van der Waals surface area contributed by atoms with E-state index in [1.807, 2.05) is 0 Å². The molecule has 0 amide bonds. The minimum atomic E-state index is -5.82. The molecule has 3 nitrogen and oxygen atoms in total. The third-order valence-corrected chi connectivity index (χ3v) is 13.4. The van der Waals surface area contributed by atoms with Crippen molar-refractivity contribution in [2.75, 3.05) is 18.1 Å². The molecule has 2 unspecified atom stereocenters. The Hall–Kier alpha value is -1.64. The van der Waals surface area contributed by atoms with Gasteiger partial charge in [0, 0.05) is 11.4 Å². The van der Waals surface area contributed by atoms with E-state index in [1.54, 1.807) is 6.92 Å². The second kappa shape index (κ2) is 12.4. The molecule has 0 aliphatic heterocycles. The van der Waals surface area contributed by atoms with Gasteiger partial charge in [-0.05, 0) is 128 Å². The van der Waals surface area contributed by atoms with Crippen LogP contribution in [0.5, 0.6) is 0 Å². The molecule has 256 valence electrons. The van der Waals surface area contributed by atoms with Crippen LogP contribution in [0.2, 0.25) is 0 Å². The highest BCUT2D eigenvalue weighted by atomic mass is 19.3. The molecule has 4 saturated carbocycles. The number of fused-ring (bicyclic) bond motifs is 5. The van der Waals surface area contributed by atoms with Gasteiger partial charge in [-0.2, -0.15) is 26.3 Å². The normalized spacial score (nSPS) is 35.3. The first-order chi connectivity index (χ1) is 21.0. The minimum absolute atomic E-state index is 0.0493. The number of alkyl halides is 6. The largest absolute Gasteiger partial charge is 0.426 e. The predicted octanol–water partition coefficient (Wildman–Crippen LogP) is 10.7. The maximum Gasteiger partial charge on any atom is 0.426 e. The van der Waals surface area contributed by atoms with E-state index in [2.05, 4.69) is 25.5 Å². The van der Waals surface area contributed by atoms with Gasteiger partial charge < -0.3 is 16.2 Å². The van der Waals surface area contributed by atoms with Crippen molar-refractivity contribution in [3.05, 3.63) is 23.8 Å². The lowest BCUT2D eigenvalue weighted by molar-refractivity contribution is -0.404. The molecule has 0 saturated heterocycles. The Bertz CT molecular complexity index is 1190. The number of hydrogen-bond acceptors (Lipinski definition) is 3. The maximum atomic E-state index is 14.7. The first kappa shape index (κ1) is 34.7. The van der Waals surface area contributed by atoms with Gasteiger partial charge in [0.2, 0.25) is 0 Å². The van der Waals surface area contributed by atoms with Crippen LogP contribution in [0.15, 0.2) is 18.2 Å². The van der Waals surface area contributed by atoms with E-state index < -0.39 is 41.7 Å². The fourth-order valence-electron chi connectivity index (χ4n) is 10.9. The maximum absolute atomic E-state index is 14.7. The van der Waals surface area contributed by atoms with Gasteiger partial charge in [0.1, 0.15) is 0 Å². The van der Waals surface area contributed by atoms with Gasteiger partial charge in [-0.3, -0.25) is 0 Å². The average Bonchev–Trinajstić information content (AvgIpc) is 3.32. The van der Waals surface area contributed by atoms with Gasteiger partial charge in [-0.1, -0.05) is 53.4 Å². The first-order valence-corrected chi connectivity index (χ1v) is 17.4. The molecular formula is C36H54F6N2O. The molecule has 1 aromatic rings. The smallest absolute Gasteiger partial charge is 0.399 e. The molecule has 0 spiro atoms. The van der Waals surface area contributed by atoms with Crippen LogP contribution >= 0.6 is 0 Å². The van der Waals surface area contributed by atoms with Crippen LogP contribution in [-0.2, 0) is 10.7 Å². The highest BCUT2D eigenvalue weighted by molar-refractivity contribution is 5.58. The number of anilines is 2. The number of nitrogens with two attached hydrogens (primary N) is 2. The van der Waals surface area contributed by atoms with Crippen molar-refractivity contribution in [1.29, 1.82) is 0 Å². The second-order valence-electron chi connectivity index (χ2n) is 16.0. The monoisotopic (exact) mass is 644 g/mol. The summed E-state index contributed by atoms with van der Waals surface area (Å²) in [5.74, 6) is -7.11. The number of ether oxygens (including phenoxy) is 1. The van der Waals surface area contributed by atoms with Crippen molar-refractivity contribution in [3.63, 3.8) is 0 Å². The standard InChI is InChI=1S/C36H54F6N2O/c1-22(21-45-36(41,42)35(39,40)34(37,38)30-14-12-25(43)20-31(30)44)8-7-9-23(2)27-15-16-28-26-13-11-24-10-5-6-18-32(24,3)29(26)17-19-33(27,28)4/h12,14,20,22-24,26-29H,5-11,13,15-19,21,43-44H2,1-4H3/t22?,23-,24?,26+,27-,28+,29+,32+,33-/m1/s1. The third-order valence-electron chi connectivity index (χ3n) is 13.4. The Labute approximate surface area is 265 Å². The molecular weight excluding hydrogens is 590 g/mol. The number of hydrogen-bond donors (Lipinski definition) is 2. The molecule has 4 aliphatic carbocycles. The van der Waals surface area contributed by atoms with E-state index >= 15 is 0 Å². The molecule has 4 aliphatic rings. The van der Waals surface area contributed by atoms with E-state index in [4.69, 9.17) is 11.5 Å². The summed E-state index contributed by atoms with van der Waals surface area (Å²) in [6.07, 6.45) is 10.3. The van der Waals surface area contributed by atoms with Crippen molar-refractivity contribution in [1.82, 2.24) is 0 Å². The fraction of sp³-hybridized carbons (Fsp3) is 0.833. The Morgan fingerprint density at radius 2 is 1.56 bits per heavy atom. The Balaban J connectivity index is 1.12.